The van der Waals surface area contributed by atoms with Crippen LogP contribution >= 0.6 is 12.4 Å². The molecule has 1 heterocycles. The fourth-order valence-corrected chi connectivity index (χ4v) is 2.49. The minimum absolute atomic E-state index is 0. The lowest BCUT2D eigenvalue weighted by molar-refractivity contribution is -0.126. The van der Waals surface area contributed by atoms with Gasteiger partial charge in [-0.15, -0.1) is 12.4 Å². The maximum Gasteiger partial charge on any atom is 0.227 e. The minimum Gasteiger partial charge on any atom is -0.497 e. The number of amides is 2. The molecule has 0 aromatic heterocycles. The van der Waals surface area contributed by atoms with E-state index in [0.717, 1.165) is 24.5 Å². The average molecular weight is 342 g/mol. The van der Waals surface area contributed by atoms with E-state index in [0.29, 0.717) is 13.1 Å². The number of rotatable bonds is 7. The molecular formula is C16H24ClN3O3. The number of nitrogens with zero attached hydrogens (tertiary/aromatic N) is 1. The van der Waals surface area contributed by atoms with Gasteiger partial charge in [-0.2, -0.15) is 0 Å². The van der Waals surface area contributed by atoms with Crippen molar-refractivity contribution in [2.45, 2.75) is 13.3 Å². The molecule has 1 atom stereocenters. The van der Waals surface area contributed by atoms with Crippen LogP contribution in [0.5, 0.6) is 5.75 Å². The van der Waals surface area contributed by atoms with Crippen molar-refractivity contribution in [2.24, 2.45) is 5.92 Å². The van der Waals surface area contributed by atoms with E-state index in [9.17, 15) is 9.59 Å². The van der Waals surface area contributed by atoms with Crippen LogP contribution in [0.1, 0.15) is 13.3 Å². The van der Waals surface area contributed by atoms with Gasteiger partial charge in [0.05, 0.1) is 13.0 Å². The third kappa shape index (κ3) is 5.11. The molecular weight excluding hydrogens is 318 g/mol. The van der Waals surface area contributed by atoms with Crippen molar-refractivity contribution >= 4 is 29.9 Å². The number of ether oxygens (including phenoxy) is 1. The third-order valence-electron chi connectivity index (χ3n) is 3.73. The predicted molar refractivity (Wildman–Crippen MR) is 92.3 cm³/mol. The van der Waals surface area contributed by atoms with E-state index in [1.54, 1.807) is 12.0 Å². The predicted octanol–water partition coefficient (Wildman–Crippen LogP) is 1.20. The van der Waals surface area contributed by atoms with Crippen LogP contribution in [0.3, 0.4) is 0 Å². The Hall–Kier alpha value is -1.79. The zero-order valence-corrected chi connectivity index (χ0v) is 14.3. The molecule has 0 saturated carbocycles. The highest BCUT2D eigenvalue weighted by Gasteiger charge is 2.34. The molecule has 2 N–H and O–H groups in total. The zero-order valence-electron chi connectivity index (χ0n) is 13.5. The molecule has 6 nitrogen and oxygen atoms in total. The number of carbonyl (C=O) groups is 2. The lowest BCUT2D eigenvalue weighted by atomic mass is 10.1. The number of methoxy groups -OCH3 is 1. The first kappa shape index (κ1) is 19.3. The van der Waals surface area contributed by atoms with Gasteiger partial charge in [-0.25, -0.2) is 0 Å². The molecule has 1 aliphatic heterocycles. The summed E-state index contributed by atoms with van der Waals surface area (Å²) in [6, 6.07) is 7.29. The topological polar surface area (TPSA) is 70.7 Å². The molecule has 0 spiro atoms. The molecule has 2 rings (SSSR count). The van der Waals surface area contributed by atoms with Gasteiger partial charge in [0, 0.05) is 31.7 Å². The zero-order chi connectivity index (χ0) is 15.9. The second kappa shape index (κ2) is 9.37. The van der Waals surface area contributed by atoms with Crippen LogP contribution in [-0.4, -0.2) is 45.1 Å². The summed E-state index contributed by atoms with van der Waals surface area (Å²) in [5.74, 6) is 0.392. The third-order valence-corrected chi connectivity index (χ3v) is 3.73. The number of benzene rings is 1. The minimum atomic E-state index is -0.281. The Morgan fingerprint density at radius 1 is 1.30 bits per heavy atom. The van der Waals surface area contributed by atoms with Crippen molar-refractivity contribution in [1.29, 1.82) is 0 Å². The smallest absolute Gasteiger partial charge is 0.227 e. The van der Waals surface area contributed by atoms with Gasteiger partial charge in [0.25, 0.3) is 0 Å². The highest BCUT2D eigenvalue weighted by molar-refractivity contribution is 6.00. The largest absolute Gasteiger partial charge is 0.497 e. The van der Waals surface area contributed by atoms with Crippen molar-refractivity contribution in [3.05, 3.63) is 24.3 Å². The monoisotopic (exact) mass is 341 g/mol. The molecule has 23 heavy (non-hydrogen) atoms. The van der Waals surface area contributed by atoms with Gasteiger partial charge in [0.1, 0.15) is 5.75 Å². The van der Waals surface area contributed by atoms with E-state index < -0.39 is 0 Å². The van der Waals surface area contributed by atoms with E-state index in [1.165, 1.54) is 0 Å². The summed E-state index contributed by atoms with van der Waals surface area (Å²) in [6.07, 6.45) is 0.263. The fourth-order valence-electron chi connectivity index (χ4n) is 2.49. The summed E-state index contributed by atoms with van der Waals surface area (Å²) in [4.78, 5) is 25.9. The van der Waals surface area contributed by atoms with Crippen molar-refractivity contribution in [2.75, 3.05) is 38.2 Å². The molecule has 128 valence electrons. The van der Waals surface area contributed by atoms with Crippen LogP contribution in [0.15, 0.2) is 24.3 Å². The molecule has 0 bridgehead atoms. The molecule has 1 aromatic carbocycles. The number of hydrogen-bond donors (Lipinski definition) is 2. The standard InChI is InChI=1S/C16H23N3O3.ClH/c1-3-17-8-9-18-16(21)12-10-15(20)19(11-12)13-4-6-14(22-2)7-5-13;/h4-7,12,17H,3,8-11H2,1-2H3,(H,18,21);1H. The van der Waals surface area contributed by atoms with Crippen molar-refractivity contribution in [1.82, 2.24) is 10.6 Å². The SMILES string of the molecule is CCNCCNC(=O)C1CC(=O)N(c2ccc(OC)cc2)C1.Cl. The lowest BCUT2D eigenvalue weighted by Gasteiger charge is -2.17. The van der Waals surface area contributed by atoms with Gasteiger partial charge in [-0.05, 0) is 30.8 Å². The Morgan fingerprint density at radius 3 is 2.61 bits per heavy atom. The first-order valence-electron chi connectivity index (χ1n) is 7.58. The first-order valence-corrected chi connectivity index (χ1v) is 7.58. The van der Waals surface area contributed by atoms with Crippen molar-refractivity contribution in [3.63, 3.8) is 0 Å². The van der Waals surface area contributed by atoms with Gasteiger partial charge >= 0.3 is 0 Å². The van der Waals surface area contributed by atoms with Crippen LogP contribution in [0.25, 0.3) is 0 Å². The second-order valence-corrected chi connectivity index (χ2v) is 5.25. The Morgan fingerprint density at radius 2 is 2.00 bits per heavy atom. The first-order chi connectivity index (χ1) is 10.7. The highest BCUT2D eigenvalue weighted by atomic mass is 35.5. The van der Waals surface area contributed by atoms with E-state index in [2.05, 4.69) is 10.6 Å². The van der Waals surface area contributed by atoms with Crippen LogP contribution in [0.2, 0.25) is 0 Å². The van der Waals surface area contributed by atoms with Gasteiger partial charge in [-0.1, -0.05) is 6.92 Å². The Kier molecular flexibility index (Phi) is 7.85. The fraction of sp³-hybridized carbons (Fsp3) is 0.500. The van der Waals surface area contributed by atoms with Gasteiger partial charge in [0.2, 0.25) is 11.8 Å². The summed E-state index contributed by atoms with van der Waals surface area (Å²) in [6.45, 7) is 4.65. The number of hydrogen-bond acceptors (Lipinski definition) is 4. The van der Waals surface area contributed by atoms with Crippen LogP contribution in [-0.2, 0) is 9.59 Å². The molecule has 0 radical (unpaired) electrons. The van der Waals surface area contributed by atoms with Gasteiger partial charge < -0.3 is 20.3 Å². The molecule has 1 saturated heterocycles. The summed E-state index contributed by atoms with van der Waals surface area (Å²) in [5.41, 5.74) is 0.800. The molecule has 1 unspecified atom stereocenters. The Bertz CT molecular complexity index is 522. The average Bonchev–Trinajstić information content (AvgIpc) is 2.93. The van der Waals surface area contributed by atoms with Gasteiger partial charge in [0.15, 0.2) is 0 Å². The summed E-state index contributed by atoms with van der Waals surface area (Å²) in [5, 5.41) is 6.01. The van der Waals surface area contributed by atoms with Crippen LogP contribution in [0.4, 0.5) is 5.69 Å². The van der Waals surface area contributed by atoms with Crippen molar-refractivity contribution in [3.8, 4) is 5.75 Å². The van der Waals surface area contributed by atoms with E-state index in [4.69, 9.17) is 4.74 Å². The maximum atomic E-state index is 12.1. The second-order valence-electron chi connectivity index (χ2n) is 5.25. The molecule has 7 heteroatoms. The van der Waals surface area contributed by atoms with E-state index >= 15 is 0 Å². The summed E-state index contributed by atoms with van der Waals surface area (Å²) >= 11 is 0. The number of halogens is 1. The van der Waals surface area contributed by atoms with Crippen LogP contribution in [0, 0.1) is 5.92 Å². The number of likely N-dealkylation sites (N-methyl/N-ethyl adjacent to an activating group) is 1. The number of anilines is 1. The molecule has 2 amide bonds. The Labute approximate surface area is 143 Å². The van der Waals surface area contributed by atoms with Crippen molar-refractivity contribution < 1.29 is 14.3 Å². The molecule has 1 fully saturated rings. The summed E-state index contributed by atoms with van der Waals surface area (Å²) < 4.78 is 5.11. The number of nitrogens with one attached hydrogen (secondary N) is 2. The van der Waals surface area contributed by atoms with E-state index in [1.807, 2.05) is 31.2 Å². The van der Waals surface area contributed by atoms with Gasteiger partial charge in [-0.3, -0.25) is 9.59 Å². The Balaban J connectivity index is 0.00000264. The summed E-state index contributed by atoms with van der Waals surface area (Å²) in [7, 11) is 1.60. The molecule has 1 aliphatic rings. The quantitative estimate of drug-likeness (QED) is 0.731. The highest BCUT2D eigenvalue weighted by Crippen LogP contribution is 2.26. The number of carbonyl (C=O) groups excluding carboxylic acids is 2. The van der Waals surface area contributed by atoms with E-state index in [-0.39, 0.29) is 36.6 Å². The lowest BCUT2D eigenvalue weighted by Crippen LogP contribution is -2.37. The molecule has 0 aliphatic carbocycles. The van der Waals surface area contributed by atoms with Crippen LogP contribution < -0.4 is 20.3 Å². The normalized spacial score (nSPS) is 16.9. The molecule has 1 aromatic rings. The maximum absolute atomic E-state index is 12.1.